The fourth-order valence-corrected chi connectivity index (χ4v) is 2.10. The van der Waals surface area contributed by atoms with Crippen molar-refractivity contribution in [2.45, 2.75) is 20.3 Å². The molecule has 0 fully saturated rings. The van der Waals surface area contributed by atoms with Crippen LogP contribution in [-0.4, -0.2) is 23.7 Å². The number of nitro benzene ring substituents is 1. The van der Waals surface area contributed by atoms with Crippen LogP contribution in [0.4, 0.5) is 5.69 Å². The van der Waals surface area contributed by atoms with Gasteiger partial charge in [0.2, 0.25) is 0 Å². The Morgan fingerprint density at radius 2 is 2.00 bits per heavy atom. The smallest absolute Gasteiger partial charge is 0.272 e. The number of carbonyl (C=O) groups excluding carboxylic acids is 1. The molecule has 0 bridgehead atoms. The van der Waals surface area contributed by atoms with Gasteiger partial charge >= 0.3 is 0 Å². The standard InChI is InChI=1S/C18H19N3O4/c1-3-10-25-16-7-4-14(5-8-16)12-19-20-18(22)15-6-9-17(21(23)24)13(2)11-15/h4-9,11-12H,3,10H2,1-2H3,(H,20,22). The lowest BCUT2D eigenvalue weighted by atomic mass is 10.1. The van der Waals surface area contributed by atoms with E-state index in [2.05, 4.69) is 10.5 Å². The van der Waals surface area contributed by atoms with E-state index < -0.39 is 10.8 Å². The molecule has 0 saturated heterocycles. The van der Waals surface area contributed by atoms with Crippen LogP contribution in [0.1, 0.15) is 34.8 Å². The van der Waals surface area contributed by atoms with Gasteiger partial charge < -0.3 is 4.74 Å². The number of amides is 1. The van der Waals surface area contributed by atoms with Crippen LogP contribution >= 0.6 is 0 Å². The molecule has 7 heteroatoms. The molecule has 0 spiro atoms. The summed E-state index contributed by atoms with van der Waals surface area (Å²) in [6, 6.07) is 11.5. The first kappa shape index (κ1) is 18.1. The molecule has 0 aliphatic carbocycles. The monoisotopic (exact) mass is 341 g/mol. The van der Waals surface area contributed by atoms with Crippen molar-refractivity contribution in [2.75, 3.05) is 6.61 Å². The summed E-state index contributed by atoms with van der Waals surface area (Å²) in [4.78, 5) is 22.3. The molecule has 2 aromatic rings. The Labute approximate surface area is 145 Å². The molecule has 0 aromatic heterocycles. The number of nitrogens with one attached hydrogen (secondary N) is 1. The summed E-state index contributed by atoms with van der Waals surface area (Å²) in [6.07, 6.45) is 2.46. The fraction of sp³-hybridized carbons (Fsp3) is 0.222. The Morgan fingerprint density at radius 1 is 1.28 bits per heavy atom. The molecular weight excluding hydrogens is 322 g/mol. The Bertz CT molecular complexity index is 785. The first-order valence-electron chi connectivity index (χ1n) is 7.82. The number of hydrogen-bond donors (Lipinski definition) is 1. The van der Waals surface area contributed by atoms with E-state index in [9.17, 15) is 14.9 Å². The maximum Gasteiger partial charge on any atom is 0.272 e. The molecule has 2 aromatic carbocycles. The van der Waals surface area contributed by atoms with E-state index in [4.69, 9.17) is 4.74 Å². The lowest BCUT2D eigenvalue weighted by Crippen LogP contribution is -2.17. The van der Waals surface area contributed by atoms with Crippen LogP contribution in [0.25, 0.3) is 0 Å². The molecule has 25 heavy (non-hydrogen) atoms. The maximum atomic E-state index is 12.0. The summed E-state index contributed by atoms with van der Waals surface area (Å²) in [5, 5.41) is 14.7. The van der Waals surface area contributed by atoms with E-state index >= 15 is 0 Å². The Kier molecular flexibility index (Phi) is 6.22. The van der Waals surface area contributed by atoms with Gasteiger partial charge in [0.15, 0.2) is 0 Å². The number of hydrogen-bond acceptors (Lipinski definition) is 5. The lowest BCUT2D eigenvalue weighted by molar-refractivity contribution is -0.385. The van der Waals surface area contributed by atoms with Gasteiger partial charge in [-0.05, 0) is 55.3 Å². The molecule has 0 saturated carbocycles. The summed E-state index contributed by atoms with van der Waals surface area (Å²) < 4.78 is 5.49. The summed E-state index contributed by atoms with van der Waals surface area (Å²) in [6.45, 7) is 4.29. The molecule has 0 unspecified atom stereocenters. The molecule has 1 N–H and O–H groups in total. The third kappa shape index (κ3) is 5.13. The summed E-state index contributed by atoms with van der Waals surface area (Å²) in [7, 11) is 0. The highest BCUT2D eigenvalue weighted by Gasteiger charge is 2.13. The second-order valence-corrected chi connectivity index (χ2v) is 5.37. The highest BCUT2D eigenvalue weighted by Crippen LogP contribution is 2.18. The molecule has 7 nitrogen and oxygen atoms in total. The second kappa shape index (κ2) is 8.58. The van der Waals surface area contributed by atoms with Gasteiger partial charge in [0, 0.05) is 17.2 Å². The Hall–Kier alpha value is -3.22. The summed E-state index contributed by atoms with van der Waals surface area (Å²) >= 11 is 0. The van der Waals surface area contributed by atoms with Crippen molar-refractivity contribution in [1.82, 2.24) is 5.43 Å². The van der Waals surface area contributed by atoms with Gasteiger partial charge in [0.1, 0.15) is 5.75 Å². The molecule has 0 heterocycles. The van der Waals surface area contributed by atoms with Crippen LogP contribution in [0, 0.1) is 17.0 Å². The van der Waals surface area contributed by atoms with Crippen molar-refractivity contribution in [3.63, 3.8) is 0 Å². The molecule has 0 atom stereocenters. The number of carbonyl (C=O) groups is 1. The second-order valence-electron chi connectivity index (χ2n) is 5.37. The van der Waals surface area contributed by atoms with E-state index in [0.29, 0.717) is 17.7 Å². The summed E-state index contributed by atoms with van der Waals surface area (Å²) in [5.41, 5.74) is 3.92. The molecule has 0 radical (unpaired) electrons. The largest absolute Gasteiger partial charge is 0.494 e. The van der Waals surface area contributed by atoms with Crippen molar-refractivity contribution < 1.29 is 14.5 Å². The normalized spacial score (nSPS) is 10.6. The third-order valence-corrected chi connectivity index (χ3v) is 3.39. The minimum atomic E-state index is -0.483. The van der Waals surface area contributed by atoms with Crippen molar-refractivity contribution in [3.8, 4) is 5.75 Å². The third-order valence-electron chi connectivity index (χ3n) is 3.39. The van der Waals surface area contributed by atoms with Gasteiger partial charge in [0.25, 0.3) is 11.6 Å². The van der Waals surface area contributed by atoms with Crippen LogP contribution in [0.3, 0.4) is 0 Å². The number of rotatable bonds is 7. The molecule has 130 valence electrons. The van der Waals surface area contributed by atoms with Crippen molar-refractivity contribution in [2.24, 2.45) is 5.10 Å². The first-order chi connectivity index (χ1) is 12.0. The average Bonchev–Trinajstić information content (AvgIpc) is 2.60. The van der Waals surface area contributed by atoms with E-state index in [-0.39, 0.29) is 5.69 Å². The number of nitrogens with zero attached hydrogens (tertiary/aromatic N) is 2. The number of ether oxygens (including phenoxy) is 1. The quantitative estimate of drug-likeness (QED) is 0.474. The average molecular weight is 341 g/mol. The summed E-state index contributed by atoms with van der Waals surface area (Å²) in [5.74, 6) is 0.349. The van der Waals surface area contributed by atoms with Crippen molar-refractivity contribution in [1.29, 1.82) is 0 Å². The fourth-order valence-electron chi connectivity index (χ4n) is 2.10. The highest BCUT2D eigenvalue weighted by molar-refractivity contribution is 5.95. The molecular formula is C18H19N3O4. The predicted octanol–water partition coefficient (Wildman–Crippen LogP) is 3.46. The zero-order valence-electron chi connectivity index (χ0n) is 14.1. The van der Waals surface area contributed by atoms with E-state index in [1.807, 2.05) is 31.2 Å². The van der Waals surface area contributed by atoms with Crippen molar-refractivity contribution >= 4 is 17.8 Å². The zero-order valence-corrected chi connectivity index (χ0v) is 14.1. The lowest BCUT2D eigenvalue weighted by Gasteiger charge is -2.04. The Morgan fingerprint density at radius 3 is 2.60 bits per heavy atom. The highest BCUT2D eigenvalue weighted by atomic mass is 16.6. The van der Waals surface area contributed by atoms with Gasteiger partial charge in [-0.15, -0.1) is 0 Å². The predicted molar refractivity (Wildman–Crippen MR) is 95.1 cm³/mol. The molecule has 1 amide bonds. The molecule has 2 rings (SSSR count). The number of nitro groups is 1. The molecule has 0 aliphatic rings. The van der Waals surface area contributed by atoms with E-state index in [0.717, 1.165) is 17.7 Å². The number of hydrazone groups is 1. The van der Waals surface area contributed by atoms with Gasteiger partial charge in [-0.25, -0.2) is 5.43 Å². The minimum Gasteiger partial charge on any atom is -0.494 e. The topological polar surface area (TPSA) is 93.8 Å². The van der Waals surface area contributed by atoms with Crippen LogP contribution < -0.4 is 10.2 Å². The first-order valence-corrected chi connectivity index (χ1v) is 7.82. The van der Waals surface area contributed by atoms with Crippen LogP contribution in [0.15, 0.2) is 47.6 Å². The number of benzene rings is 2. The van der Waals surface area contributed by atoms with Crippen LogP contribution in [0.2, 0.25) is 0 Å². The van der Waals surface area contributed by atoms with Gasteiger partial charge in [-0.2, -0.15) is 5.10 Å². The van der Waals surface area contributed by atoms with E-state index in [1.54, 1.807) is 6.92 Å². The number of aryl methyl sites for hydroxylation is 1. The van der Waals surface area contributed by atoms with Crippen molar-refractivity contribution in [3.05, 3.63) is 69.3 Å². The van der Waals surface area contributed by atoms with Gasteiger partial charge in [0.05, 0.1) is 17.7 Å². The van der Waals surface area contributed by atoms with Gasteiger partial charge in [-0.1, -0.05) is 6.92 Å². The van der Waals surface area contributed by atoms with E-state index in [1.165, 1.54) is 24.4 Å². The maximum absolute atomic E-state index is 12.0. The zero-order chi connectivity index (χ0) is 18.2. The van der Waals surface area contributed by atoms with Crippen LogP contribution in [0.5, 0.6) is 5.75 Å². The van der Waals surface area contributed by atoms with Gasteiger partial charge in [-0.3, -0.25) is 14.9 Å². The minimum absolute atomic E-state index is 0.0227. The Balaban J connectivity index is 1.96. The SMILES string of the molecule is CCCOc1ccc(C=NNC(=O)c2ccc([N+](=O)[O-])c(C)c2)cc1. The van der Waals surface area contributed by atoms with Crippen LogP contribution in [-0.2, 0) is 0 Å². The molecule has 0 aliphatic heterocycles.